The Morgan fingerprint density at radius 3 is 2.76 bits per heavy atom. The molecule has 0 amide bonds. The van der Waals surface area contributed by atoms with Gasteiger partial charge in [0.1, 0.15) is 0 Å². The first kappa shape index (κ1) is 12.3. The van der Waals surface area contributed by atoms with Gasteiger partial charge in [-0.25, -0.2) is 4.98 Å². The zero-order chi connectivity index (χ0) is 12.3. The van der Waals surface area contributed by atoms with Crippen LogP contribution in [0, 0.1) is 6.92 Å². The van der Waals surface area contributed by atoms with Crippen molar-refractivity contribution in [3.63, 3.8) is 0 Å². The molecular weight excluding hydrogens is 230 g/mol. The SMILES string of the molecule is CCC(CO)c1nc(-c2ccccc2C)cs1. The highest BCUT2D eigenvalue weighted by molar-refractivity contribution is 7.10. The number of hydrogen-bond acceptors (Lipinski definition) is 3. The summed E-state index contributed by atoms with van der Waals surface area (Å²) in [6.07, 6.45) is 0.928. The Bertz CT molecular complexity index is 488. The van der Waals surface area contributed by atoms with Crippen LogP contribution in [0.5, 0.6) is 0 Å². The molecule has 1 aromatic carbocycles. The Hall–Kier alpha value is -1.19. The van der Waals surface area contributed by atoms with Gasteiger partial charge in [0.2, 0.25) is 0 Å². The summed E-state index contributed by atoms with van der Waals surface area (Å²) in [5.41, 5.74) is 3.44. The Labute approximate surface area is 106 Å². The highest BCUT2D eigenvalue weighted by Gasteiger charge is 2.13. The summed E-state index contributed by atoms with van der Waals surface area (Å²) in [7, 11) is 0. The van der Waals surface area contributed by atoms with Gasteiger partial charge in [-0.15, -0.1) is 11.3 Å². The van der Waals surface area contributed by atoms with Crippen molar-refractivity contribution >= 4 is 11.3 Å². The summed E-state index contributed by atoms with van der Waals surface area (Å²) in [6.45, 7) is 4.35. The van der Waals surface area contributed by atoms with Crippen LogP contribution in [0.1, 0.15) is 29.8 Å². The lowest BCUT2D eigenvalue weighted by molar-refractivity contribution is 0.262. The average Bonchev–Trinajstić information content (AvgIpc) is 2.81. The second-order valence-electron chi connectivity index (χ2n) is 4.17. The number of aliphatic hydroxyl groups is 1. The van der Waals surface area contributed by atoms with Gasteiger partial charge in [-0.1, -0.05) is 31.2 Å². The molecule has 1 N–H and O–H groups in total. The third-order valence-corrected chi connectivity index (χ3v) is 4.01. The van der Waals surface area contributed by atoms with Crippen molar-refractivity contribution in [3.05, 3.63) is 40.2 Å². The molecule has 0 saturated heterocycles. The molecule has 0 fully saturated rings. The second kappa shape index (κ2) is 5.43. The monoisotopic (exact) mass is 247 g/mol. The lowest BCUT2D eigenvalue weighted by Crippen LogP contribution is -2.01. The standard InChI is InChI=1S/C14H17NOS/c1-3-11(8-16)14-15-13(9-17-14)12-7-5-4-6-10(12)2/h4-7,9,11,16H,3,8H2,1-2H3. The minimum atomic E-state index is 0.178. The van der Waals surface area contributed by atoms with E-state index >= 15 is 0 Å². The number of thiazole rings is 1. The minimum absolute atomic E-state index is 0.178. The molecule has 0 aliphatic rings. The maximum Gasteiger partial charge on any atom is 0.0986 e. The van der Waals surface area contributed by atoms with Crippen LogP contribution in [-0.2, 0) is 0 Å². The summed E-state index contributed by atoms with van der Waals surface area (Å²) < 4.78 is 0. The number of benzene rings is 1. The fourth-order valence-corrected chi connectivity index (χ4v) is 2.84. The molecule has 0 spiro atoms. The van der Waals surface area contributed by atoms with Crippen molar-refractivity contribution < 1.29 is 5.11 Å². The number of aliphatic hydroxyl groups excluding tert-OH is 1. The maximum absolute atomic E-state index is 9.28. The second-order valence-corrected chi connectivity index (χ2v) is 5.06. The number of aryl methyl sites for hydroxylation is 1. The van der Waals surface area contributed by atoms with Crippen LogP contribution in [0.2, 0.25) is 0 Å². The largest absolute Gasteiger partial charge is 0.396 e. The molecular formula is C14H17NOS. The molecule has 1 unspecified atom stereocenters. The zero-order valence-electron chi connectivity index (χ0n) is 10.2. The van der Waals surface area contributed by atoms with Crippen molar-refractivity contribution in [2.45, 2.75) is 26.2 Å². The van der Waals surface area contributed by atoms with E-state index in [4.69, 9.17) is 0 Å². The van der Waals surface area contributed by atoms with Crippen LogP contribution < -0.4 is 0 Å². The van der Waals surface area contributed by atoms with Gasteiger partial charge in [0.15, 0.2) is 0 Å². The first-order valence-corrected chi connectivity index (χ1v) is 6.76. The molecule has 2 aromatic rings. The zero-order valence-corrected chi connectivity index (χ0v) is 11.0. The number of nitrogens with zero attached hydrogens (tertiary/aromatic N) is 1. The Kier molecular flexibility index (Phi) is 3.92. The fraction of sp³-hybridized carbons (Fsp3) is 0.357. The van der Waals surface area contributed by atoms with Gasteiger partial charge >= 0.3 is 0 Å². The van der Waals surface area contributed by atoms with Crippen LogP contribution in [0.15, 0.2) is 29.6 Å². The first-order chi connectivity index (χ1) is 8.26. The molecule has 90 valence electrons. The molecule has 0 saturated carbocycles. The van der Waals surface area contributed by atoms with Crippen molar-refractivity contribution in [3.8, 4) is 11.3 Å². The third-order valence-electron chi connectivity index (χ3n) is 3.01. The molecule has 17 heavy (non-hydrogen) atoms. The summed E-state index contributed by atoms with van der Waals surface area (Å²) >= 11 is 1.64. The molecule has 1 atom stereocenters. The molecule has 3 heteroatoms. The Morgan fingerprint density at radius 1 is 1.35 bits per heavy atom. The molecule has 0 bridgehead atoms. The van der Waals surface area contributed by atoms with Gasteiger partial charge in [0.05, 0.1) is 17.3 Å². The van der Waals surface area contributed by atoms with Crippen LogP contribution in [0.25, 0.3) is 11.3 Å². The smallest absolute Gasteiger partial charge is 0.0986 e. The van der Waals surface area contributed by atoms with Crippen molar-refractivity contribution in [1.82, 2.24) is 4.98 Å². The highest BCUT2D eigenvalue weighted by Crippen LogP contribution is 2.29. The van der Waals surface area contributed by atoms with Crippen LogP contribution >= 0.6 is 11.3 Å². The maximum atomic E-state index is 9.28. The van der Waals surface area contributed by atoms with E-state index in [0.29, 0.717) is 0 Å². The van der Waals surface area contributed by atoms with E-state index < -0.39 is 0 Å². The fourth-order valence-electron chi connectivity index (χ4n) is 1.84. The first-order valence-electron chi connectivity index (χ1n) is 5.88. The quantitative estimate of drug-likeness (QED) is 0.895. The summed E-state index contributed by atoms with van der Waals surface area (Å²) in [5.74, 6) is 0.178. The van der Waals surface area contributed by atoms with Gasteiger partial charge in [-0.3, -0.25) is 0 Å². The molecule has 1 heterocycles. The van der Waals surface area contributed by atoms with Gasteiger partial charge < -0.3 is 5.11 Å². The van der Waals surface area contributed by atoms with Gasteiger partial charge in [0, 0.05) is 16.9 Å². The molecule has 0 aliphatic heterocycles. The highest BCUT2D eigenvalue weighted by atomic mass is 32.1. The molecule has 2 rings (SSSR count). The molecule has 0 radical (unpaired) electrons. The van der Waals surface area contributed by atoms with Gasteiger partial charge in [0.25, 0.3) is 0 Å². The molecule has 0 aliphatic carbocycles. The van der Waals surface area contributed by atoms with Gasteiger partial charge in [-0.05, 0) is 18.9 Å². The Morgan fingerprint density at radius 2 is 2.12 bits per heavy atom. The lowest BCUT2D eigenvalue weighted by Gasteiger charge is -2.06. The lowest BCUT2D eigenvalue weighted by atomic mass is 10.1. The van der Waals surface area contributed by atoms with Gasteiger partial charge in [-0.2, -0.15) is 0 Å². The summed E-state index contributed by atoms with van der Waals surface area (Å²) in [5, 5.41) is 12.4. The topological polar surface area (TPSA) is 33.1 Å². The van der Waals surface area contributed by atoms with Crippen molar-refractivity contribution in [1.29, 1.82) is 0 Å². The van der Waals surface area contributed by atoms with Crippen LogP contribution in [0.3, 0.4) is 0 Å². The third kappa shape index (κ3) is 2.56. The van der Waals surface area contributed by atoms with E-state index in [2.05, 4.69) is 36.3 Å². The Balaban J connectivity index is 2.33. The van der Waals surface area contributed by atoms with E-state index in [1.54, 1.807) is 11.3 Å². The van der Waals surface area contributed by atoms with Crippen molar-refractivity contribution in [2.75, 3.05) is 6.61 Å². The number of aromatic nitrogens is 1. The van der Waals surface area contributed by atoms with E-state index in [1.165, 1.54) is 11.1 Å². The van der Waals surface area contributed by atoms with E-state index in [-0.39, 0.29) is 12.5 Å². The summed E-state index contributed by atoms with van der Waals surface area (Å²) in [4.78, 5) is 4.64. The van der Waals surface area contributed by atoms with Crippen LogP contribution in [-0.4, -0.2) is 16.7 Å². The minimum Gasteiger partial charge on any atom is -0.396 e. The normalized spacial score (nSPS) is 12.6. The molecule has 2 nitrogen and oxygen atoms in total. The average molecular weight is 247 g/mol. The van der Waals surface area contributed by atoms with Crippen LogP contribution in [0.4, 0.5) is 0 Å². The number of hydrogen-bond donors (Lipinski definition) is 1. The van der Waals surface area contributed by atoms with E-state index in [9.17, 15) is 5.11 Å². The predicted octanol–water partition coefficient (Wildman–Crippen LogP) is 3.60. The van der Waals surface area contributed by atoms with Crippen molar-refractivity contribution in [2.24, 2.45) is 0 Å². The molecule has 1 aromatic heterocycles. The summed E-state index contributed by atoms with van der Waals surface area (Å²) in [6, 6.07) is 8.26. The van der Waals surface area contributed by atoms with E-state index in [0.717, 1.165) is 17.1 Å². The predicted molar refractivity (Wildman–Crippen MR) is 72.4 cm³/mol. The van der Waals surface area contributed by atoms with E-state index in [1.807, 2.05) is 12.1 Å². The number of rotatable bonds is 4.